The molecule has 1 aliphatic carbocycles. The second kappa shape index (κ2) is 10.6. The number of piperidine rings is 1. The maximum Gasteiger partial charge on any atom is 0.435 e. The van der Waals surface area contributed by atoms with Crippen LogP contribution in [0, 0.1) is 23.6 Å². The summed E-state index contributed by atoms with van der Waals surface area (Å²) in [4.78, 5) is 14.7. The molecule has 5 rings (SSSR count). The number of hydrogen-bond acceptors (Lipinski definition) is 4. The first-order chi connectivity index (χ1) is 19.9. The van der Waals surface area contributed by atoms with Crippen LogP contribution < -0.4 is 4.74 Å². The predicted molar refractivity (Wildman–Crippen MR) is 138 cm³/mol. The molecular weight excluding hydrogens is 610 g/mol. The second-order valence-electron chi connectivity index (χ2n) is 11.7. The van der Waals surface area contributed by atoms with E-state index in [2.05, 4.69) is 0 Å². The van der Waals surface area contributed by atoms with E-state index in [0.717, 1.165) is 43.2 Å². The SMILES string of the molecule is CC1CCCC(C(=O)N2CCC3(S(=O)(=O)c4ccc(F)cc4)c4ccc(C(F)(C(F)(F)F)C(F)(F)F)cc4OCC3C2)C1. The van der Waals surface area contributed by atoms with Gasteiger partial charge in [-0.25, -0.2) is 17.2 Å². The highest BCUT2D eigenvalue weighted by atomic mass is 32.2. The van der Waals surface area contributed by atoms with E-state index in [0.29, 0.717) is 18.8 Å². The second-order valence-corrected chi connectivity index (χ2v) is 13.9. The van der Waals surface area contributed by atoms with Crippen molar-refractivity contribution in [3.8, 4) is 5.75 Å². The van der Waals surface area contributed by atoms with Crippen molar-refractivity contribution in [3.63, 3.8) is 0 Å². The molecule has 2 aliphatic heterocycles. The van der Waals surface area contributed by atoms with Gasteiger partial charge in [0.05, 0.1) is 11.5 Å². The first-order valence-corrected chi connectivity index (χ1v) is 15.3. The van der Waals surface area contributed by atoms with Crippen LogP contribution in [-0.2, 0) is 25.0 Å². The van der Waals surface area contributed by atoms with Crippen molar-refractivity contribution in [2.45, 2.75) is 66.7 Å². The fourth-order valence-corrected chi connectivity index (χ4v) is 9.19. The zero-order chi connectivity index (χ0) is 31.6. The number of benzene rings is 2. The maximum atomic E-state index is 14.9. The number of halogens is 8. The number of hydrogen-bond donors (Lipinski definition) is 0. The normalized spacial score (nSPS) is 26.7. The molecule has 1 saturated heterocycles. The molecule has 2 heterocycles. The van der Waals surface area contributed by atoms with Crippen LogP contribution in [0.5, 0.6) is 5.75 Å². The first kappa shape index (κ1) is 31.5. The molecule has 2 fully saturated rings. The van der Waals surface area contributed by atoms with Gasteiger partial charge in [-0.1, -0.05) is 31.9 Å². The third kappa shape index (κ3) is 4.97. The van der Waals surface area contributed by atoms with E-state index in [-0.39, 0.29) is 53.9 Å². The molecule has 236 valence electrons. The fraction of sp³-hybridized carbons (Fsp3) is 0.552. The molecule has 5 nitrogen and oxygen atoms in total. The lowest BCUT2D eigenvalue weighted by Crippen LogP contribution is -2.59. The van der Waals surface area contributed by atoms with Gasteiger partial charge in [0.1, 0.15) is 16.3 Å². The summed E-state index contributed by atoms with van der Waals surface area (Å²) in [6.07, 6.45) is -9.82. The number of nitrogens with zero attached hydrogens (tertiary/aromatic N) is 1. The zero-order valence-corrected chi connectivity index (χ0v) is 23.8. The Morgan fingerprint density at radius 3 is 2.23 bits per heavy atom. The Kier molecular flexibility index (Phi) is 7.79. The summed E-state index contributed by atoms with van der Waals surface area (Å²) >= 11 is 0. The average molecular weight is 640 g/mol. The minimum atomic E-state index is -6.38. The lowest BCUT2D eigenvalue weighted by atomic mass is 9.76. The monoisotopic (exact) mass is 639 g/mol. The molecule has 4 unspecified atom stereocenters. The number of fused-ring (bicyclic) bond motifs is 3. The Labute approximate surface area is 243 Å². The smallest absolute Gasteiger partial charge is 0.435 e. The molecule has 2 aromatic carbocycles. The molecule has 2 aromatic rings. The van der Waals surface area contributed by atoms with E-state index in [1.165, 1.54) is 4.90 Å². The Balaban J connectivity index is 1.61. The standard InChI is InChI=1S/C29H29F8NO4S/c1-17-3-2-4-18(13-17)25(39)38-12-11-26(43(40,41)22-8-6-21(30)7-9-22)20(15-38)16-42-24-14-19(5-10-23(24)26)27(31,28(32,33)34)29(35,36)37/h5-10,14,17-18,20H,2-4,11-13,15-16H2,1H3. The maximum absolute atomic E-state index is 14.9. The third-order valence-electron chi connectivity index (χ3n) is 9.11. The lowest BCUT2D eigenvalue weighted by Gasteiger charge is -2.50. The molecular formula is C29H29F8NO4S. The van der Waals surface area contributed by atoms with E-state index in [9.17, 15) is 48.3 Å². The zero-order valence-electron chi connectivity index (χ0n) is 22.9. The number of amides is 1. The molecule has 1 saturated carbocycles. The van der Waals surface area contributed by atoms with Crippen LogP contribution >= 0.6 is 0 Å². The van der Waals surface area contributed by atoms with Crippen molar-refractivity contribution in [3.05, 3.63) is 59.4 Å². The minimum Gasteiger partial charge on any atom is -0.493 e. The summed E-state index contributed by atoms with van der Waals surface area (Å²) in [7, 11) is -4.52. The van der Waals surface area contributed by atoms with Gasteiger partial charge in [0.2, 0.25) is 5.91 Å². The van der Waals surface area contributed by atoms with E-state index in [1.54, 1.807) is 0 Å². The molecule has 0 radical (unpaired) electrons. The summed E-state index contributed by atoms with van der Waals surface area (Å²) in [6, 6.07) is 5.10. The molecule has 0 spiro atoms. The van der Waals surface area contributed by atoms with Crippen molar-refractivity contribution in [2.24, 2.45) is 17.8 Å². The summed E-state index contributed by atoms with van der Waals surface area (Å²) in [6.45, 7) is 1.38. The quantitative estimate of drug-likeness (QED) is 0.271. The number of sulfone groups is 1. The highest BCUT2D eigenvalue weighted by Crippen LogP contribution is 2.57. The highest BCUT2D eigenvalue weighted by molar-refractivity contribution is 7.92. The van der Waals surface area contributed by atoms with Crippen LogP contribution in [-0.4, -0.2) is 51.3 Å². The van der Waals surface area contributed by atoms with E-state index in [1.807, 2.05) is 6.92 Å². The van der Waals surface area contributed by atoms with E-state index >= 15 is 0 Å². The topological polar surface area (TPSA) is 63.7 Å². The van der Waals surface area contributed by atoms with E-state index in [4.69, 9.17) is 4.74 Å². The summed E-state index contributed by atoms with van der Waals surface area (Å²) < 4.78 is 142. The molecule has 3 aliphatic rings. The van der Waals surface area contributed by atoms with Crippen LogP contribution in [0.15, 0.2) is 47.4 Å². The lowest BCUT2D eigenvalue weighted by molar-refractivity contribution is -0.348. The number of rotatable bonds is 4. The van der Waals surface area contributed by atoms with Crippen molar-refractivity contribution in [1.29, 1.82) is 0 Å². The minimum absolute atomic E-state index is 0.0695. The summed E-state index contributed by atoms with van der Waals surface area (Å²) in [5, 5.41) is 0. The molecule has 14 heteroatoms. The number of alkyl halides is 7. The van der Waals surface area contributed by atoms with Crippen LogP contribution in [0.4, 0.5) is 35.1 Å². The number of carbonyl (C=O) groups excluding carboxylic acids is 1. The van der Waals surface area contributed by atoms with Crippen LogP contribution in [0.25, 0.3) is 0 Å². The van der Waals surface area contributed by atoms with Gasteiger partial charge in [0.25, 0.3) is 0 Å². The van der Waals surface area contributed by atoms with Crippen molar-refractivity contribution >= 4 is 15.7 Å². The molecule has 0 bridgehead atoms. The van der Waals surface area contributed by atoms with E-state index < -0.39 is 62.3 Å². The van der Waals surface area contributed by atoms with Crippen LogP contribution in [0.3, 0.4) is 0 Å². The number of likely N-dealkylation sites (tertiary alicyclic amines) is 1. The first-order valence-electron chi connectivity index (χ1n) is 13.8. The fourth-order valence-electron chi connectivity index (χ4n) is 6.88. The largest absolute Gasteiger partial charge is 0.493 e. The Hall–Kier alpha value is -2.90. The van der Waals surface area contributed by atoms with Gasteiger partial charge in [0.15, 0.2) is 9.84 Å². The molecule has 0 N–H and O–H groups in total. The van der Waals surface area contributed by atoms with Crippen LogP contribution in [0.2, 0.25) is 0 Å². The summed E-state index contributed by atoms with van der Waals surface area (Å²) in [5.41, 5.74) is -7.80. The highest BCUT2D eigenvalue weighted by Gasteiger charge is 2.74. The number of ether oxygens (including phenoxy) is 1. The Morgan fingerprint density at radius 1 is 0.977 bits per heavy atom. The molecule has 0 aromatic heterocycles. The Morgan fingerprint density at radius 2 is 1.63 bits per heavy atom. The van der Waals surface area contributed by atoms with Gasteiger partial charge < -0.3 is 9.64 Å². The van der Waals surface area contributed by atoms with Gasteiger partial charge in [-0.05, 0) is 55.5 Å². The van der Waals surface area contributed by atoms with Gasteiger partial charge in [-0.2, -0.15) is 26.3 Å². The van der Waals surface area contributed by atoms with Gasteiger partial charge >= 0.3 is 18.0 Å². The Bertz CT molecular complexity index is 1480. The van der Waals surface area contributed by atoms with Crippen LogP contribution in [0.1, 0.15) is 50.2 Å². The van der Waals surface area contributed by atoms with Crippen molar-refractivity contribution in [1.82, 2.24) is 4.90 Å². The van der Waals surface area contributed by atoms with Gasteiger partial charge in [-0.15, -0.1) is 0 Å². The molecule has 1 amide bonds. The third-order valence-corrected chi connectivity index (χ3v) is 11.7. The van der Waals surface area contributed by atoms with Crippen molar-refractivity contribution in [2.75, 3.05) is 19.7 Å². The molecule has 4 atom stereocenters. The summed E-state index contributed by atoms with van der Waals surface area (Å²) in [5.74, 6) is -2.44. The molecule has 43 heavy (non-hydrogen) atoms. The average Bonchev–Trinajstić information content (AvgIpc) is 2.94. The predicted octanol–water partition coefficient (Wildman–Crippen LogP) is 6.85. The number of carbonyl (C=O) groups is 1. The van der Waals surface area contributed by atoms with Gasteiger partial charge in [-0.3, -0.25) is 4.79 Å². The van der Waals surface area contributed by atoms with Gasteiger partial charge in [0, 0.05) is 36.1 Å². The van der Waals surface area contributed by atoms with Crippen molar-refractivity contribution < 1.29 is 53.1 Å².